The van der Waals surface area contributed by atoms with Crippen LogP contribution in [0.3, 0.4) is 0 Å². The summed E-state index contributed by atoms with van der Waals surface area (Å²) in [4.78, 5) is 0. The number of hydrogen-bond donors (Lipinski definition) is 2. The van der Waals surface area contributed by atoms with Crippen LogP contribution in [0.1, 0.15) is 18.0 Å². The zero-order valence-corrected chi connectivity index (χ0v) is 10.7. The van der Waals surface area contributed by atoms with Gasteiger partial charge in [0.2, 0.25) is 0 Å². The van der Waals surface area contributed by atoms with Gasteiger partial charge in [-0.15, -0.1) is 6.58 Å². The van der Waals surface area contributed by atoms with Crippen LogP contribution >= 0.6 is 31.9 Å². The van der Waals surface area contributed by atoms with Crippen LogP contribution in [0.5, 0.6) is 5.75 Å². The van der Waals surface area contributed by atoms with E-state index in [-0.39, 0.29) is 11.8 Å². The zero-order chi connectivity index (χ0) is 10.7. The molecule has 0 radical (unpaired) electrons. The first-order valence-electron chi connectivity index (χ1n) is 4.11. The van der Waals surface area contributed by atoms with Crippen LogP contribution in [0.25, 0.3) is 0 Å². The van der Waals surface area contributed by atoms with Crippen LogP contribution in [-0.4, -0.2) is 5.11 Å². The smallest absolute Gasteiger partial charge is 0.135 e. The molecule has 4 heteroatoms. The molecule has 0 aromatic heterocycles. The molecule has 0 aliphatic heterocycles. The number of benzene rings is 1. The van der Waals surface area contributed by atoms with Crippen molar-refractivity contribution in [3.05, 3.63) is 39.3 Å². The molecule has 1 rings (SSSR count). The van der Waals surface area contributed by atoms with Gasteiger partial charge in [-0.25, -0.2) is 0 Å². The van der Waals surface area contributed by atoms with Crippen LogP contribution in [0, 0.1) is 0 Å². The van der Waals surface area contributed by atoms with Crippen LogP contribution in [0.2, 0.25) is 0 Å². The van der Waals surface area contributed by atoms with Crippen LogP contribution < -0.4 is 5.73 Å². The predicted molar refractivity (Wildman–Crippen MR) is 65.2 cm³/mol. The normalized spacial score (nSPS) is 12.5. The Morgan fingerprint density at radius 3 is 2.57 bits per heavy atom. The number of hydrogen-bond acceptors (Lipinski definition) is 2. The molecule has 1 aromatic rings. The van der Waals surface area contributed by atoms with Gasteiger partial charge in [-0.05, 0) is 34.5 Å². The third kappa shape index (κ3) is 2.38. The lowest BCUT2D eigenvalue weighted by Gasteiger charge is -2.14. The lowest BCUT2D eigenvalue weighted by Crippen LogP contribution is -2.10. The van der Waals surface area contributed by atoms with Gasteiger partial charge in [0.25, 0.3) is 0 Å². The third-order valence-electron chi connectivity index (χ3n) is 1.91. The fourth-order valence-electron chi connectivity index (χ4n) is 1.21. The average molecular weight is 321 g/mol. The van der Waals surface area contributed by atoms with Gasteiger partial charge in [0, 0.05) is 16.1 Å². The van der Waals surface area contributed by atoms with E-state index < -0.39 is 0 Å². The summed E-state index contributed by atoms with van der Waals surface area (Å²) in [6, 6.07) is 3.38. The maximum Gasteiger partial charge on any atom is 0.135 e. The van der Waals surface area contributed by atoms with E-state index in [1.165, 1.54) is 0 Å². The maximum atomic E-state index is 9.78. The summed E-state index contributed by atoms with van der Waals surface area (Å²) in [5, 5.41) is 9.78. The van der Waals surface area contributed by atoms with Crippen molar-refractivity contribution in [2.45, 2.75) is 12.5 Å². The molecular formula is C10H11Br2NO. The average Bonchev–Trinajstić information content (AvgIpc) is 2.13. The number of aromatic hydroxyl groups is 1. The molecule has 0 unspecified atom stereocenters. The van der Waals surface area contributed by atoms with Gasteiger partial charge in [0.1, 0.15) is 5.75 Å². The number of phenols is 1. The molecule has 0 saturated heterocycles. The van der Waals surface area contributed by atoms with E-state index in [4.69, 9.17) is 5.73 Å². The Morgan fingerprint density at radius 1 is 1.43 bits per heavy atom. The fraction of sp³-hybridized carbons (Fsp3) is 0.200. The van der Waals surface area contributed by atoms with Gasteiger partial charge in [0.15, 0.2) is 0 Å². The van der Waals surface area contributed by atoms with Gasteiger partial charge >= 0.3 is 0 Å². The molecule has 0 heterocycles. The van der Waals surface area contributed by atoms with Crippen molar-refractivity contribution in [3.8, 4) is 5.75 Å². The highest BCUT2D eigenvalue weighted by Crippen LogP contribution is 2.37. The highest BCUT2D eigenvalue weighted by molar-refractivity contribution is 9.11. The molecule has 3 N–H and O–H groups in total. The van der Waals surface area contributed by atoms with Crippen LogP contribution in [0.15, 0.2) is 33.7 Å². The Labute approximate surface area is 100 Å². The first kappa shape index (κ1) is 11.8. The first-order chi connectivity index (χ1) is 6.57. The molecule has 0 amide bonds. The second-order valence-electron chi connectivity index (χ2n) is 2.92. The molecule has 14 heavy (non-hydrogen) atoms. The van der Waals surface area contributed by atoms with E-state index in [2.05, 4.69) is 38.4 Å². The Bertz CT molecular complexity index is 352. The lowest BCUT2D eigenvalue weighted by molar-refractivity contribution is 0.457. The van der Waals surface area contributed by atoms with Crippen molar-refractivity contribution < 1.29 is 5.11 Å². The SMILES string of the molecule is C=CC[C@H](N)c1c(Br)ccc(Br)c1O. The third-order valence-corrected chi connectivity index (χ3v) is 3.24. The zero-order valence-electron chi connectivity index (χ0n) is 7.50. The molecule has 0 saturated carbocycles. The molecule has 0 bridgehead atoms. The molecule has 0 aliphatic rings. The molecule has 1 atom stereocenters. The van der Waals surface area contributed by atoms with Crippen molar-refractivity contribution in [2.75, 3.05) is 0 Å². The minimum Gasteiger partial charge on any atom is -0.506 e. The van der Waals surface area contributed by atoms with E-state index in [0.29, 0.717) is 16.5 Å². The molecule has 0 aliphatic carbocycles. The largest absolute Gasteiger partial charge is 0.506 e. The standard InChI is InChI=1S/C10H11Br2NO/c1-2-3-8(13)9-6(11)4-5-7(12)10(9)14/h2,4-5,8,14H,1,3,13H2/t8-/m0/s1. The van der Waals surface area contributed by atoms with Crippen molar-refractivity contribution in [1.29, 1.82) is 0 Å². The molecule has 1 aromatic carbocycles. The maximum absolute atomic E-state index is 9.78. The second-order valence-corrected chi connectivity index (χ2v) is 4.63. The van der Waals surface area contributed by atoms with E-state index >= 15 is 0 Å². The minimum absolute atomic E-state index is 0.189. The second kappa shape index (κ2) is 4.96. The first-order valence-corrected chi connectivity index (χ1v) is 5.70. The summed E-state index contributed by atoms with van der Waals surface area (Å²) in [5.74, 6) is 0.189. The van der Waals surface area contributed by atoms with Crippen LogP contribution in [-0.2, 0) is 0 Å². The van der Waals surface area contributed by atoms with Gasteiger partial charge in [-0.3, -0.25) is 0 Å². The van der Waals surface area contributed by atoms with Crippen molar-refractivity contribution in [2.24, 2.45) is 5.73 Å². The number of phenolic OH excluding ortho intramolecular Hbond substituents is 1. The van der Waals surface area contributed by atoms with Gasteiger partial charge < -0.3 is 10.8 Å². The van der Waals surface area contributed by atoms with E-state index in [0.717, 1.165) is 4.47 Å². The Kier molecular flexibility index (Phi) is 4.16. The Hall–Kier alpha value is -0.320. The van der Waals surface area contributed by atoms with Crippen molar-refractivity contribution in [3.63, 3.8) is 0 Å². The van der Waals surface area contributed by atoms with E-state index in [9.17, 15) is 5.11 Å². The summed E-state index contributed by atoms with van der Waals surface area (Å²) in [6.07, 6.45) is 2.36. The van der Waals surface area contributed by atoms with Crippen molar-refractivity contribution >= 4 is 31.9 Å². The molecular weight excluding hydrogens is 310 g/mol. The molecule has 2 nitrogen and oxygen atoms in total. The molecule has 0 spiro atoms. The number of halogens is 2. The lowest BCUT2D eigenvalue weighted by atomic mass is 10.0. The van der Waals surface area contributed by atoms with E-state index in [1.54, 1.807) is 12.1 Å². The molecule has 76 valence electrons. The fourth-order valence-corrected chi connectivity index (χ4v) is 2.17. The topological polar surface area (TPSA) is 46.2 Å². The highest BCUT2D eigenvalue weighted by atomic mass is 79.9. The predicted octanol–water partition coefficient (Wildman–Crippen LogP) is 3.49. The minimum atomic E-state index is -0.237. The number of rotatable bonds is 3. The summed E-state index contributed by atoms with van der Waals surface area (Å²) in [5.41, 5.74) is 6.60. The van der Waals surface area contributed by atoms with Crippen molar-refractivity contribution in [1.82, 2.24) is 0 Å². The van der Waals surface area contributed by atoms with Crippen LogP contribution in [0.4, 0.5) is 0 Å². The quantitative estimate of drug-likeness (QED) is 0.837. The van der Waals surface area contributed by atoms with Gasteiger partial charge in [-0.1, -0.05) is 22.0 Å². The summed E-state index contributed by atoms with van der Waals surface area (Å²) in [7, 11) is 0. The Balaban J connectivity index is 3.17. The summed E-state index contributed by atoms with van der Waals surface area (Å²) in [6.45, 7) is 3.62. The monoisotopic (exact) mass is 319 g/mol. The Morgan fingerprint density at radius 2 is 2.00 bits per heavy atom. The van der Waals surface area contributed by atoms with Gasteiger partial charge in [0.05, 0.1) is 4.47 Å². The van der Waals surface area contributed by atoms with Gasteiger partial charge in [-0.2, -0.15) is 0 Å². The summed E-state index contributed by atoms with van der Waals surface area (Å²) >= 11 is 6.60. The number of nitrogens with two attached hydrogens (primary N) is 1. The summed E-state index contributed by atoms with van der Waals surface area (Å²) < 4.78 is 1.46. The molecule has 0 fully saturated rings. The highest BCUT2D eigenvalue weighted by Gasteiger charge is 2.15. The van der Waals surface area contributed by atoms with E-state index in [1.807, 2.05) is 6.07 Å².